The maximum Gasteiger partial charge on any atom is 0.416 e. The molecule has 146 valence electrons. The number of carbonyl (C=O) groups excluding carboxylic acids is 1. The van der Waals surface area contributed by atoms with Crippen LogP contribution < -0.4 is 5.32 Å². The van der Waals surface area contributed by atoms with Crippen LogP contribution in [0.15, 0.2) is 48.5 Å². The van der Waals surface area contributed by atoms with Gasteiger partial charge in [-0.05, 0) is 48.9 Å². The van der Waals surface area contributed by atoms with Crippen LogP contribution in [0.2, 0.25) is 5.15 Å². The number of benzene rings is 2. The van der Waals surface area contributed by atoms with Crippen LogP contribution in [0, 0.1) is 12.7 Å². The molecule has 0 atom stereocenters. The van der Waals surface area contributed by atoms with Crippen LogP contribution in [0.4, 0.5) is 17.6 Å². The molecule has 9 heteroatoms. The quantitative estimate of drug-likeness (QED) is 0.619. The standard InChI is InChI=1S/C19H14ClF4N3O/c1-11-16(17(20)27(26-11)15-7-5-14(21)6-8-15)18(28)25-10-12-3-2-4-13(9-12)19(22,23)24/h2-9H,10H2,1H3,(H,25,28). The van der Waals surface area contributed by atoms with E-state index in [2.05, 4.69) is 10.4 Å². The Morgan fingerprint density at radius 1 is 1.18 bits per heavy atom. The summed E-state index contributed by atoms with van der Waals surface area (Å²) in [6.07, 6.45) is -4.46. The molecule has 0 unspecified atom stereocenters. The molecular weight excluding hydrogens is 398 g/mol. The van der Waals surface area contributed by atoms with Crippen molar-refractivity contribution in [2.24, 2.45) is 0 Å². The van der Waals surface area contributed by atoms with Gasteiger partial charge in [0, 0.05) is 6.54 Å². The molecule has 4 nitrogen and oxygen atoms in total. The zero-order valence-electron chi connectivity index (χ0n) is 14.5. The topological polar surface area (TPSA) is 46.9 Å². The predicted octanol–water partition coefficient (Wildman–Crippen LogP) is 4.92. The van der Waals surface area contributed by atoms with Crippen molar-refractivity contribution in [2.75, 3.05) is 0 Å². The van der Waals surface area contributed by atoms with E-state index in [0.717, 1.165) is 12.1 Å². The van der Waals surface area contributed by atoms with Gasteiger partial charge in [0.05, 0.1) is 22.5 Å². The molecule has 2 aromatic carbocycles. The van der Waals surface area contributed by atoms with Crippen LogP contribution in [-0.2, 0) is 12.7 Å². The van der Waals surface area contributed by atoms with Gasteiger partial charge >= 0.3 is 6.18 Å². The minimum Gasteiger partial charge on any atom is -0.348 e. The number of rotatable bonds is 4. The lowest BCUT2D eigenvalue weighted by Gasteiger charge is -2.10. The fourth-order valence-electron chi connectivity index (χ4n) is 2.64. The highest BCUT2D eigenvalue weighted by atomic mass is 35.5. The molecule has 0 spiro atoms. The van der Waals surface area contributed by atoms with Crippen molar-refractivity contribution in [2.45, 2.75) is 19.6 Å². The van der Waals surface area contributed by atoms with Gasteiger partial charge in [-0.1, -0.05) is 23.7 Å². The number of nitrogens with one attached hydrogen (secondary N) is 1. The number of nitrogens with zero attached hydrogens (tertiary/aromatic N) is 2. The Morgan fingerprint density at radius 3 is 2.50 bits per heavy atom. The molecule has 0 saturated carbocycles. The number of aryl methyl sites for hydroxylation is 1. The van der Waals surface area contributed by atoms with E-state index in [9.17, 15) is 22.4 Å². The van der Waals surface area contributed by atoms with E-state index in [4.69, 9.17) is 11.6 Å². The molecule has 3 aromatic rings. The van der Waals surface area contributed by atoms with Gasteiger partial charge in [-0.15, -0.1) is 0 Å². The zero-order chi connectivity index (χ0) is 20.5. The highest BCUT2D eigenvalue weighted by molar-refractivity contribution is 6.33. The molecule has 1 amide bonds. The Morgan fingerprint density at radius 2 is 1.86 bits per heavy atom. The van der Waals surface area contributed by atoms with E-state index in [1.54, 1.807) is 6.92 Å². The highest BCUT2D eigenvalue weighted by Crippen LogP contribution is 2.29. The summed E-state index contributed by atoms with van der Waals surface area (Å²) in [6.45, 7) is 1.46. The molecule has 0 aliphatic rings. The van der Waals surface area contributed by atoms with Gasteiger partial charge in [0.2, 0.25) is 0 Å². The van der Waals surface area contributed by atoms with E-state index in [0.29, 0.717) is 16.9 Å². The van der Waals surface area contributed by atoms with Crippen LogP contribution in [-0.4, -0.2) is 15.7 Å². The molecule has 1 aromatic heterocycles. The Hall–Kier alpha value is -2.87. The first-order valence-electron chi connectivity index (χ1n) is 8.12. The number of amides is 1. The molecule has 0 bridgehead atoms. The Labute approximate surface area is 162 Å². The monoisotopic (exact) mass is 411 g/mol. The van der Waals surface area contributed by atoms with Crippen molar-refractivity contribution in [3.63, 3.8) is 0 Å². The third-order valence-electron chi connectivity index (χ3n) is 4.01. The lowest BCUT2D eigenvalue weighted by Crippen LogP contribution is -2.23. The first kappa shape index (κ1) is 19.9. The normalized spacial score (nSPS) is 11.5. The largest absolute Gasteiger partial charge is 0.416 e. The van der Waals surface area contributed by atoms with E-state index in [-0.39, 0.29) is 17.3 Å². The fraction of sp³-hybridized carbons (Fsp3) is 0.158. The van der Waals surface area contributed by atoms with Crippen LogP contribution in [0.1, 0.15) is 27.2 Å². The van der Waals surface area contributed by atoms with Gasteiger partial charge in [0.15, 0.2) is 0 Å². The fourth-order valence-corrected chi connectivity index (χ4v) is 3.00. The van der Waals surface area contributed by atoms with E-state index in [1.807, 2.05) is 0 Å². The van der Waals surface area contributed by atoms with Crippen molar-refractivity contribution in [3.05, 3.63) is 81.9 Å². The van der Waals surface area contributed by atoms with Crippen LogP contribution in [0.3, 0.4) is 0 Å². The van der Waals surface area contributed by atoms with Gasteiger partial charge in [-0.3, -0.25) is 4.79 Å². The summed E-state index contributed by atoms with van der Waals surface area (Å²) in [4.78, 5) is 12.5. The van der Waals surface area contributed by atoms with Crippen molar-refractivity contribution < 1.29 is 22.4 Å². The van der Waals surface area contributed by atoms with E-state index in [1.165, 1.54) is 41.1 Å². The molecular formula is C19H14ClF4N3O. The Bertz CT molecular complexity index is 1010. The zero-order valence-corrected chi connectivity index (χ0v) is 15.3. The lowest BCUT2D eigenvalue weighted by atomic mass is 10.1. The van der Waals surface area contributed by atoms with Crippen LogP contribution in [0.25, 0.3) is 5.69 Å². The summed E-state index contributed by atoms with van der Waals surface area (Å²) in [5.74, 6) is -1.00. The maximum atomic E-state index is 13.1. The Kier molecular flexibility index (Phi) is 5.42. The van der Waals surface area contributed by atoms with Crippen molar-refractivity contribution in [1.29, 1.82) is 0 Å². The van der Waals surface area contributed by atoms with Gasteiger partial charge < -0.3 is 5.32 Å². The number of hydrogen-bond acceptors (Lipinski definition) is 2. The Balaban J connectivity index is 1.79. The molecule has 1 N–H and O–H groups in total. The number of aromatic nitrogens is 2. The van der Waals surface area contributed by atoms with E-state index >= 15 is 0 Å². The molecule has 0 saturated heterocycles. The molecule has 1 heterocycles. The van der Waals surface area contributed by atoms with Gasteiger partial charge in [0.25, 0.3) is 5.91 Å². The number of carbonyl (C=O) groups is 1. The second kappa shape index (κ2) is 7.63. The van der Waals surface area contributed by atoms with Gasteiger partial charge in [0.1, 0.15) is 11.0 Å². The maximum absolute atomic E-state index is 13.1. The molecule has 0 fully saturated rings. The van der Waals surface area contributed by atoms with Crippen molar-refractivity contribution in [3.8, 4) is 5.69 Å². The number of alkyl halides is 3. The third kappa shape index (κ3) is 4.17. The first-order chi connectivity index (χ1) is 13.2. The summed E-state index contributed by atoms with van der Waals surface area (Å²) in [7, 11) is 0. The number of hydrogen-bond donors (Lipinski definition) is 1. The van der Waals surface area contributed by atoms with Crippen molar-refractivity contribution in [1.82, 2.24) is 15.1 Å². The second-order valence-corrected chi connectivity index (χ2v) is 6.38. The highest BCUT2D eigenvalue weighted by Gasteiger charge is 2.30. The minimum atomic E-state index is -4.46. The number of halogens is 5. The molecule has 28 heavy (non-hydrogen) atoms. The summed E-state index contributed by atoms with van der Waals surface area (Å²) in [5.41, 5.74) is 0.390. The smallest absolute Gasteiger partial charge is 0.348 e. The predicted molar refractivity (Wildman–Crippen MR) is 95.9 cm³/mol. The summed E-state index contributed by atoms with van der Waals surface area (Å²) in [5, 5.41) is 6.75. The lowest BCUT2D eigenvalue weighted by molar-refractivity contribution is -0.137. The van der Waals surface area contributed by atoms with Crippen molar-refractivity contribution >= 4 is 17.5 Å². The van der Waals surface area contributed by atoms with Crippen LogP contribution >= 0.6 is 11.6 Å². The van der Waals surface area contributed by atoms with Crippen LogP contribution in [0.5, 0.6) is 0 Å². The summed E-state index contributed by atoms with van der Waals surface area (Å²) < 4.78 is 52.7. The average molecular weight is 412 g/mol. The molecule has 0 aliphatic heterocycles. The van der Waals surface area contributed by atoms with Gasteiger partial charge in [-0.25, -0.2) is 9.07 Å². The second-order valence-electron chi connectivity index (χ2n) is 6.02. The van der Waals surface area contributed by atoms with Gasteiger partial charge in [-0.2, -0.15) is 18.3 Å². The minimum absolute atomic E-state index is 0.0191. The molecule has 3 rings (SSSR count). The third-order valence-corrected chi connectivity index (χ3v) is 4.36. The molecule has 0 radical (unpaired) electrons. The SMILES string of the molecule is Cc1nn(-c2ccc(F)cc2)c(Cl)c1C(=O)NCc1cccc(C(F)(F)F)c1. The average Bonchev–Trinajstić information content (AvgIpc) is 2.94. The molecule has 0 aliphatic carbocycles. The summed E-state index contributed by atoms with van der Waals surface area (Å²) >= 11 is 6.26. The van der Waals surface area contributed by atoms with E-state index < -0.39 is 23.5 Å². The first-order valence-corrected chi connectivity index (χ1v) is 8.50. The summed E-state index contributed by atoms with van der Waals surface area (Å²) in [6, 6.07) is 10.1.